The predicted octanol–water partition coefficient (Wildman–Crippen LogP) is 12.5. The van der Waals surface area contributed by atoms with Gasteiger partial charge in [-0.15, -0.1) is 0 Å². The Bertz CT molecular complexity index is 5070. The first kappa shape index (κ1) is 60.3. The lowest BCUT2D eigenvalue weighted by atomic mass is 9.80. The van der Waals surface area contributed by atoms with Crippen molar-refractivity contribution in [3.8, 4) is 70.3 Å². The Kier molecular flexibility index (Phi) is 15.8. The average Bonchev–Trinajstić information content (AvgIpc) is 0.734. The van der Waals surface area contributed by atoms with Gasteiger partial charge in [0.25, 0.3) is 23.6 Å². The highest BCUT2D eigenvalue weighted by Crippen LogP contribution is 2.58. The zero-order valence-corrected chi connectivity index (χ0v) is 50.4. The number of hydrogen-bond acceptors (Lipinski definition) is 17. The second kappa shape index (κ2) is 25.1. The number of imide groups is 2. The highest BCUT2D eigenvalue weighted by molar-refractivity contribution is 6.45. The molecule has 1 fully saturated rings. The number of amides is 5. The molecular weight excluding hydrogens is 1220 g/mol. The molecule has 0 aliphatic carbocycles. The number of nitrogens with one attached hydrogen (secondary N) is 1. The molecule has 3 aliphatic heterocycles. The molecule has 5 amide bonds. The van der Waals surface area contributed by atoms with Crippen LogP contribution >= 0.6 is 0 Å². The molecule has 1 saturated heterocycles. The fourth-order valence-corrected chi connectivity index (χ4v) is 12.5. The fourth-order valence-electron chi connectivity index (χ4n) is 12.5. The minimum atomic E-state index is -1.69. The van der Waals surface area contributed by atoms with Crippen molar-refractivity contribution >= 4 is 84.9 Å². The van der Waals surface area contributed by atoms with Crippen molar-refractivity contribution < 1.29 is 62.0 Å². The highest BCUT2D eigenvalue weighted by Gasteiger charge is 2.46. The Morgan fingerprint density at radius 1 is 0.479 bits per heavy atom. The maximum absolute atomic E-state index is 16.2. The van der Waals surface area contributed by atoms with Gasteiger partial charge in [-0.25, -0.2) is 4.79 Å². The molecule has 3 unspecified atom stereocenters. The third-order valence-electron chi connectivity index (χ3n) is 16.9. The van der Waals surface area contributed by atoms with Crippen LogP contribution in [0, 0.1) is 45.3 Å². The van der Waals surface area contributed by atoms with E-state index in [1.807, 2.05) is 0 Å². The van der Waals surface area contributed by atoms with Gasteiger partial charge in [-0.2, -0.15) is 21.0 Å². The Morgan fingerprint density at radius 2 is 0.844 bits per heavy atom. The second-order valence-electron chi connectivity index (χ2n) is 22.9. The molecular formula is C76H47N7O13. The molecule has 0 radical (unpaired) electrons. The van der Waals surface area contributed by atoms with E-state index < -0.39 is 54.2 Å². The lowest BCUT2D eigenvalue weighted by Gasteiger charge is -2.35. The molecule has 20 nitrogen and oxygen atoms in total. The van der Waals surface area contributed by atoms with Gasteiger partial charge in [0.05, 0.1) is 94.0 Å². The molecule has 3 heterocycles. The largest absolute Gasteiger partial charge is 0.464 e. The van der Waals surface area contributed by atoms with Gasteiger partial charge in [0.15, 0.2) is 0 Å². The average molecular weight is 1270 g/mol. The number of hydrogen-bond donors (Lipinski definition) is 1. The van der Waals surface area contributed by atoms with E-state index in [-0.39, 0.29) is 166 Å². The number of carbonyl (C=O) groups excluding carboxylic acids is 7. The van der Waals surface area contributed by atoms with Crippen LogP contribution in [-0.4, -0.2) is 89.5 Å². The summed E-state index contributed by atoms with van der Waals surface area (Å²) in [5.74, 6) is -5.54. The van der Waals surface area contributed by atoms with Crippen molar-refractivity contribution in [2.24, 2.45) is 0 Å². The first-order chi connectivity index (χ1) is 46.8. The summed E-state index contributed by atoms with van der Waals surface area (Å²) in [6, 6.07) is 53.0. The van der Waals surface area contributed by atoms with Gasteiger partial charge < -0.3 is 38.5 Å². The Labute approximate surface area is 545 Å². The molecule has 1 N–H and O–H groups in total. The number of fused-ring (bicyclic) bond motifs is 2. The van der Waals surface area contributed by atoms with Gasteiger partial charge in [-0.05, 0) is 108 Å². The summed E-state index contributed by atoms with van der Waals surface area (Å²) in [5.41, 5.74) is 1.17. The third kappa shape index (κ3) is 11.1. The van der Waals surface area contributed by atoms with Crippen LogP contribution in [0.4, 0.5) is 0 Å². The molecule has 0 spiro atoms. The maximum atomic E-state index is 16.2. The van der Waals surface area contributed by atoms with Crippen molar-refractivity contribution in [1.82, 2.24) is 15.1 Å². The number of rotatable bonds is 21. The Balaban J connectivity index is 1.11. The third-order valence-corrected chi connectivity index (χ3v) is 16.9. The predicted molar refractivity (Wildman–Crippen MR) is 346 cm³/mol. The lowest BCUT2D eigenvalue weighted by Crippen LogP contribution is -2.52. The minimum Gasteiger partial charge on any atom is -0.464 e. The normalized spacial score (nSPS) is 14.3. The van der Waals surface area contributed by atoms with E-state index in [1.54, 1.807) is 133 Å². The SMILES string of the molecule is N#Cc1cccc(Oc2cc3c4c(cc(Oc5cccc(C#N)c5)c5c6c(Oc7cccc(C#N)c7)cc7c8c(cc(Oc9cccc(C#N)c9)c(c2c45)c86)C(=O)N(C(Cc2ccccc2)C(=O)OCCC(=O)NCC2CO2)C7=O)C(=O)N(C(C=O)Cc2ccccc2)C3=O)c1. The smallest absolute Gasteiger partial charge is 0.329 e. The topological polar surface area (TPSA) is 292 Å². The molecule has 11 aromatic rings. The van der Waals surface area contributed by atoms with Gasteiger partial charge in [-0.1, -0.05) is 84.9 Å². The van der Waals surface area contributed by atoms with Crippen molar-refractivity contribution in [3.63, 3.8) is 0 Å². The Hall–Kier alpha value is -13.3. The van der Waals surface area contributed by atoms with Crippen LogP contribution in [0.25, 0.3) is 43.1 Å². The van der Waals surface area contributed by atoms with Gasteiger partial charge in [0.2, 0.25) is 5.91 Å². The van der Waals surface area contributed by atoms with Crippen molar-refractivity contribution in [1.29, 1.82) is 21.0 Å². The highest BCUT2D eigenvalue weighted by atomic mass is 16.6. The molecule has 464 valence electrons. The van der Waals surface area contributed by atoms with Gasteiger partial charge in [-0.3, -0.25) is 33.8 Å². The fraction of sp³-hybridized carbons (Fsp3) is 0.118. The molecule has 3 aliphatic rings. The van der Waals surface area contributed by atoms with E-state index in [4.69, 9.17) is 28.4 Å². The van der Waals surface area contributed by atoms with Crippen LogP contribution in [0.3, 0.4) is 0 Å². The number of nitrogens with zero attached hydrogens (tertiary/aromatic N) is 6. The van der Waals surface area contributed by atoms with Crippen LogP contribution in [0.1, 0.15) is 81.2 Å². The van der Waals surface area contributed by atoms with Crippen molar-refractivity contribution in [3.05, 3.63) is 238 Å². The summed E-state index contributed by atoms with van der Waals surface area (Å²) in [7, 11) is 0. The maximum Gasteiger partial charge on any atom is 0.329 e. The number of benzene rings is 11. The van der Waals surface area contributed by atoms with Gasteiger partial charge in [0.1, 0.15) is 64.9 Å². The molecule has 0 aromatic heterocycles. The van der Waals surface area contributed by atoms with E-state index in [9.17, 15) is 35.4 Å². The van der Waals surface area contributed by atoms with E-state index >= 15 is 19.2 Å². The molecule has 14 rings (SSSR count). The summed E-state index contributed by atoms with van der Waals surface area (Å²) in [4.78, 5) is 107. The minimum absolute atomic E-state index is 0.0207. The molecule has 0 saturated carbocycles. The zero-order valence-electron chi connectivity index (χ0n) is 50.4. The van der Waals surface area contributed by atoms with Crippen molar-refractivity contribution in [2.45, 2.75) is 37.5 Å². The van der Waals surface area contributed by atoms with Crippen LogP contribution < -0.4 is 24.3 Å². The summed E-state index contributed by atoms with van der Waals surface area (Å²) < 4.78 is 39.0. The number of epoxide rings is 1. The van der Waals surface area contributed by atoms with E-state index in [2.05, 4.69) is 29.6 Å². The number of esters is 1. The van der Waals surface area contributed by atoms with Gasteiger partial charge >= 0.3 is 5.97 Å². The molecule has 20 heteroatoms. The molecule has 11 aromatic carbocycles. The second-order valence-corrected chi connectivity index (χ2v) is 22.9. The summed E-state index contributed by atoms with van der Waals surface area (Å²) in [6.07, 6.45) is -0.203. The van der Waals surface area contributed by atoms with Crippen LogP contribution in [0.15, 0.2) is 182 Å². The van der Waals surface area contributed by atoms with Crippen molar-refractivity contribution in [2.75, 3.05) is 19.8 Å². The lowest BCUT2D eigenvalue weighted by molar-refractivity contribution is -0.149. The number of ether oxygens (including phenoxy) is 6. The van der Waals surface area contributed by atoms with Gasteiger partial charge in [0, 0.05) is 62.5 Å². The summed E-state index contributed by atoms with van der Waals surface area (Å²) in [6.45, 7) is 0.325. The first-order valence-corrected chi connectivity index (χ1v) is 30.3. The van der Waals surface area contributed by atoms with Crippen LogP contribution in [0.2, 0.25) is 0 Å². The van der Waals surface area contributed by atoms with Crippen LogP contribution in [-0.2, 0) is 36.7 Å². The van der Waals surface area contributed by atoms with E-state index in [1.165, 1.54) is 48.5 Å². The summed E-state index contributed by atoms with van der Waals surface area (Å²) in [5, 5.41) is 44.1. The quantitative estimate of drug-likeness (QED) is 0.0175. The number of nitriles is 4. The van der Waals surface area contributed by atoms with Crippen LogP contribution in [0.5, 0.6) is 46.0 Å². The summed E-state index contributed by atoms with van der Waals surface area (Å²) >= 11 is 0. The molecule has 3 atom stereocenters. The number of aldehydes is 1. The first-order valence-electron chi connectivity index (χ1n) is 30.3. The number of carbonyl (C=O) groups is 7. The monoisotopic (exact) mass is 1270 g/mol. The molecule has 96 heavy (non-hydrogen) atoms. The standard InChI is InChI=1S/C76H47N7O13/c77-35-44-15-7-19-49(26-44)93-59-31-54-64-55(73(87)82(72(54)86)48(40-84)25-42-11-3-1-4-12-42)32-60(94-50-20-8-16-45(27-50)36-78)67-69-62(96-52-22-10-18-47(29-52)38-80)34-57-65-56(33-61(68(71(65)69)66(59)70(64)67)95-51-21-9-17-46(28-51)37-79)74(88)83(75(57)89)58(30-43-13-5-2-6-14-43)76(90)91-24-23-63(85)81-39-53-41-92-53/h1-22,26-29,31-34,40,48,53,58H,23-25,30,39,41H2,(H,81,85). The Morgan fingerprint density at radius 3 is 1.20 bits per heavy atom. The van der Waals surface area contributed by atoms with E-state index in [0.29, 0.717) is 24.0 Å². The van der Waals surface area contributed by atoms with E-state index in [0.717, 1.165) is 9.80 Å². The zero-order chi connectivity index (χ0) is 66.3. The molecule has 0 bridgehead atoms.